The lowest BCUT2D eigenvalue weighted by Gasteiger charge is -2.28. The highest BCUT2D eigenvalue weighted by molar-refractivity contribution is 6.73. The first-order valence-electron chi connectivity index (χ1n) is 6.52. The molecule has 0 aromatic rings. The van der Waals surface area contributed by atoms with Crippen molar-refractivity contribution in [3.05, 3.63) is 0 Å². The van der Waals surface area contributed by atoms with Crippen molar-refractivity contribution in [1.82, 2.24) is 0 Å². The predicted molar refractivity (Wildman–Crippen MR) is 66.7 cm³/mol. The van der Waals surface area contributed by atoms with Crippen LogP contribution in [0.2, 0.25) is 18.1 Å². The van der Waals surface area contributed by atoms with Crippen LogP contribution < -0.4 is 0 Å². The van der Waals surface area contributed by atoms with Crippen LogP contribution in [0.15, 0.2) is 0 Å². The van der Waals surface area contributed by atoms with E-state index in [1.54, 1.807) is 0 Å². The van der Waals surface area contributed by atoms with Crippen LogP contribution in [-0.4, -0.2) is 27.6 Å². The van der Waals surface area contributed by atoms with E-state index in [0.29, 0.717) is 6.10 Å². The lowest BCUT2D eigenvalue weighted by atomic mass is 10.2. The summed E-state index contributed by atoms with van der Waals surface area (Å²) >= 11 is 0. The van der Waals surface area contributed by atoms with Gasteiger partial charge in [-0.3, -0.25) is 0 Å². The van der Waals surface area contributed by atoms with Crippen molar-refractivity contribution in [3.8, 4) is 0 Å². The summed E-state index contributed by atoms with van der Waals surface area (Å²) in [7, 11) is -1.34. The van der Waals surface area contributed by atoms with Crippen molar-refractivity contribution in [2.75, 3.05) is 13.2 Å². The number of rotatable bonds is 9. The Bertz CT molecular complexity index is 165. The van der Waals surface area contributed by atoms with Crippen molar-refractivity contribution in [3.63, 3.8) is 0 Å². The van der Waals surface area contributed by atoms with Gasteiger partial charge in [0.1, 0.15) is 0 Å². The Balaban J connectivity index is 2.16. The highest BCUT2D eigenvalue weighted by Gasteiger charge is 2.30. The highest BCUT2D eigenvalue weighted by Crippen LogP contribution is 2.26. The predicted octanol–water partition coefficient (Wildman–Crippen LogP) is 3.58. The zero-order valence-electron chi connectivity index (χ0n) is 10.6. The molecule has 0 aromatic carbocycles. The SMILES string of the molecule is CCO[Si](CC)(CC)CCCCC1CO1. The van der Waals surface area contributed by atoms with Gasteiger partial charge >= 0.3 is 0 Å². The molecule has 1 saturated heterocycles. The standard InChI is InChI=1S/C12H26O2Si/c1-4-14-15(5-2,6-3)10-8-7-9-12-11-13-12/h12H,4-11H2,1-3H3. The quantitative estimate of drug-likeness (QED) is 0.343. The van der Waals surface area contributed by atoms with Gasteiger partial charge in [0.2, 0.25) is 0 Å². The van der Waals surface area contributed by atoms with Crippen LogP contribution in [0.1, 0.15) is 40.0 Å². The van der Waals surface area contributed by atoms with Gasteiger partial charge in [0.25, 0.3) is 0 Å². The summed E-state index contributed by atoms with van der Waals surface area (Å²) < 4.78 is 11.3. The molecule has 0 bridgehead atoms. The molecule has 1 rings (SSSR count). The fourth-order valence-electron chi connectivity index (χ4n) is 2.24. The van der Waals surface area contributed by atoms with Gasteiger partial charge in [-0.15, -0.1) is 0 Å². The molecule has 1 fully saturated rings. The molecule has 1 unspecified atom stereocenters. The van der Waals surface area contributed by atoms with E-state index in [-0.39, 0.29) is 0 Å². The molecular weight excluding hydrogens is 204 g/mol. The summed E-state index contributed by atoms with van der Waals surface area (Å²) in [6.07, 6.45) is 4.54. The van der Waals surface area contributed by atoms with Gasteiger partial charge in [-0.1, -0.05) is 26.7 Å². The van der Waals surface area contributed by atoms with Crippen LogP contribution in [0.3, 0.4) is 0 Å². The Morgan fingerprint density at radius 2 is 1.87 bits per heavy atom. The molecule has 0 spiro atoms. The Hall–Kier alpha value is 0.137. The molecule has 0 saturated carbocycles. The number of epoxide rings is 1. The Labute approximate surface area is 95.5 Å². The molecule has 2 nitrogen and oxygen atoms in total. The molecule has 0 radical (unpaired) electrons. The number of unbranched alkanes of at least 4 members (excludes halogenated alkanes) is 1. The minimum atomic E-state index is -1.34. The summed E-state index contributed by atoms with van der Waals surface area (Å²) in [5.41, 5.74) is 0. The summed E-state index contributed by atoms with van der Waals surface area (Å²) in [6.45, 7) is 8.64. The minimum Gasteiger partial charge on any atom is -0.417 e. The van der Waals surface area contributed by atoms with Crippen LogP contribution in [-0.2, 0) is 9.16 Å². The van der Waals surface area contributed by atoms with Crippen molar-refractivity contribution in [2.24, 2.45) is 0 Å². The van der Waals surface area contributed by atoms with E-state index in [2.05, 4.69) is 20.8 Å². The van der Waals surface area contributed by atoms with E-state index >= 15 is 0 Å². The maximum atomic E-state index is 6.06. The lowest BCUT2D eigenvalue weighted by Crippen LogP contribution is -2.36. The molecule has 90 valence electrons. The van der Waals surface area contributed by atoms with Crippen LogP contribution in [0, 0.1) is 0 Å². The highest BCUT2D eigenvalue weighted by atomic mass is 28.4. The molecule has 0 aromatic heterocycles. The maximum absolute atomic E-state index is 6.06. The van der Waals surface area contributed by atoms with Gasteiger partial charge in [0, 0.05) is 6.61 Å². The van der Waals surface area contributed by atoms with Crippen LogP contribution >= 0.6 is 0 Å². The Morgan fingerprint density at radius 1 is 1.20 bits per heavy atom. The van der Waals surface area contributed by atoms with Gasteiger partial charge < -0.3 is 9.16 Å². The van der Waals surface area contributed by atoms with Crippen molar-refractivity contribution in [1.29, 1.82) is 0 Å². The number of ether oxygens (including phenoxy) is 1. The van der Waals surface area contributed by atoms with Gasteiger partial charge in [0.05, 0.1) is 12.7 Å². The molecule has 15 heavy (non-hydrogen) atoms. The summed E-state index contributed by atoms with van der Waals surface area (Å²) in [5.74, 6) is 0. The molecule has 1 aliphatic heterocycles. The topological polar surface area (TPSA) is 21.8 Å². The average Bonchev–Trinajstić information content (AvgIpc) is 3.07. The van der Waals surface area contributed by atoms with Crippen LogP contribution in [0.5, 0.6) is 0 Å². The van der Waals surface area contributed by atoms with Crippen LogP contribution in [0.25, 0.3) is 0 Å². The summed E-state index contributed by atoms with van der Waals surface area (Å²) in [6, 6.07) is 3.90. The van der Waals surface area contributed by atoms with E-state index in [1.165, 1.54) is 37.4 Å². The van der Waals surface area contributed by atoms with Gasteiger partial charge in [-0.25, -0.2) is 0 Å². The molecule has 0 amide bonds. The van der Waals surface area contributed by atoms with E-state index < -0.39 is 8.32 Å². The number of hydrogen-bond donors (Lipinski definition) is 0. The van der Waals surface area contributed by atoms with E-state index in [0.717, 1.165) is 13.2 Å². The first kappa shape index (κ1) is 13.2. The first-order valence-corrected chi connectivity index (χ1v) is 9.05. The summed E-state index contributed by atoms with van der Waals surface area (Å²) in [5, 5.41) is 0. The molecule has 3 heteroatoms. The molecular formula is C12H26O2Si. The molecule has 1 atom stereocenters. The maximum Gasteiger partial charge on any atom is 0.192 e. The monoisotopic (exact) mass is 230 g/mol. The smallest absolute Gasteiger partial charge is 0.192 e. The lowest BCUT2D eigenvalue weighted by molar-refractivity contribution is 0.317. The fraction of sp³-hybridized carbons (Fsp3) is 1.00. The third-order valence-corrected chi connectivity index (χ3v) is 8.29. The van der Waals surface area contributed by atoms with Crippen molar-refractivity contribution < 1.29 is 9.16 Å². The Morgan fingerprint density at radius 3 is 2.33 bits per heavy atom. The van der Waals surface area contributed by atoms with Crippen LogP contribution in [0.4, 0.5) is 0 Å². The second kappa shape index (κ2) is 6.66. The Kier molecular flexibility index (Phi) is 5.86. The second-order valence-electron chi connectivity index (χ2n) is 4.52. The van der Waals surface area contributed by atoms with E-state index in [1.807, 2.05) is 0 Å². The van der Waals surface area contributed by atoms with Gasteiger partial charge in [0.15, 0.2) is 8.32 Å². The molecule has 1 aliphatic rings. The third-order valence-electron chi connectivity index (χ3n) is 3.55. The minimum absolute atomic E-state index is 0.608. The average molecular weight is 230 g/mol. The normalized spacial score (nSPS) is 20.6. The van der Waals surface area contributed by atoms with E-state index in [9.17, 15) is 0 Å². The van der Waals surface area contributed by atoms with Gasteiger partial charge in [-0.05, 0) is 31.5 Å². The fourth-order valence-corrected chi connectivity index (χ4v) is 5.51. The van der Waals surface area contributed by atoms with Crippen molar-refractivity contribution in [2.45, 2.75) is 64.3 Å². The summed E-state index contributed by atoms with van der Waals surface area (Å²) in [4.78, 5) is 0. The molecule has 1 heterocycles. The zero-order chi connectivity index (χ0) is 11.1. The number of hydrogen-bond acceptors (Lipinski definition) is 2. The molecule has 0 N–H and O–H groups in total. The van der Waals surface area contributed by atoms with Crippen molar-refractivity contribution >= 4 is 8.32 Å². The van der Waals surface area contributed by atoms with Gasteiger partial charge in [-0.2, -0.15) is 0 Å². The first-order chi connectivity index (χ1) is 7.26. The second-order valence-corrected chi connectivity index (χ2v) is 9.09. The third kappa shape index (κ3) is 4.66. The molecule has 0 aliphatic carbocycles. The largest absolute Gasteiger partial charge is 0.417 e. The zero-order valence-corrected chi connectivity index (χ0v) is 11.6. The van der Waals surface area contributed by atoms with E-state index in [4.69, 9.17) is 9.16 Å².